The van der Waals surface area contributed by atoms with Crippen LogP contribution in [0.4, 0.5) is 5.95 Å². The lowest BCUT2D eigenvalue weighted by molar-refractivity contribution is 0.0706. The smallest absolute Gasteiger partial charge is 0.274 e. The van der Waals surface area contributed by atoms with Crippen LogP contribution in [0.15, 0.2) is 48.7 Å². The molecule has 2 aromatic carbocycles. The zero-order valence-corrected chi connectivity index (χ0v) is 18.9. The Balaban J connectivity index is 1.54. The van der Waals surface area contributed by atoms with Gasteiger partial charge in [0.15, 0.2) is 0 Å². The summed E-state index contributed by atoms with van der Waals surface area (Å²) in [5.41, 5.74) is 7.50. The van der Waals surface area contributed by atoms with Gasteiger partial charge in [-0.25, -0.2) is 15.4 Å². The number of halogens is 2. The second kappa shape index (κ2) is 9.28. The quantitative estimate of drug-likeness (QED) is 0.189. The summed E-state index contributed by atoms with van der Waals surface area (Å²) in [6, 6.07) is 13.4. The third kappa shape index (κ3) is 4.58. The fourth-order valence-corrected chi connectivity index (χ4v) is 4.60. The van der Waals surface area contributed by atoms with Crippen LogP contribution in [0.3, 0.4) is 0 Å². The van der Waals surface area contributed by atoms with Crippen LogP contribution in [0.25, 0.3) is 11.3 Å². The van der Waals surface area contributed by atoms with Crippen LogP contribution in [0, 0.1) is 0 Å². The molecule has 3 aromatic rings. The molecule has 4 rings (SSSR count). The van der Waals surface area contributed by atoms with E-state index in [1.54, 1.807) is 17.7 Å². The molecule has 0 bridgehead atoms. The molecule has 6 nitrogen and oxygen atoms in total. The standard InChI is InChI=1S/C22H20ClIN4O2/c23-17-4-6-19(16(10-17)12-24)20-7-8-25-22(27-20)26-18-5-3-13-1-2-14(21(29)28-30)9-15(13)11-18/h1-2,4,6-10,18,30H,3,5,11-12H2,(H,28,29)(H,25,26,27). The summed E-state index contributed by atoms with van der Waals surface area (Å²) in [5.74, 6) is 0.0810. The molecule has 3 N–H and O–H groups in total. The largest absolute Gasteiger partial charge is 0.351 e. The molecule has 0 aliphatic heterocycles. The Morgan fingerprint density at radius 2 is 2.07 bits per heavy atom. The molecular formula is C22H20ClIN4O2. The van der Waals surface area contributed by atoms with E-state index in [1.807, 2.05) is 36.4 Å². The Morgan fingerprint density at radius 3 is 2.87 bits per heavy atom. The van der Waals surface area contributed by atoms with Gasteiger partial charge in [-0.2, -0.15) is 0 Å². The second-order valence-electron chi connectivity index (χ2n) is 7.21. The summed E-state index contributed by atoms with van der Waals surface area (Å²) in [5, 5.41) is 13.0. The first kappa shape index (κ1) is 21.0. The first-order valence-electron chi connectivity index (χ1n) is 9.58. The molecule has 1 atom stereocenters. The fraction of sp³-hybridized carbons (Fsp3) is 0.227. The lowest BCUT2D eigenvalue weighted by Crippen LogP contribution is -2.29. The Hall–Kier alpha value is -2.23. The number of fused-ring (bicyclic) bond motifs is 1. The predicted molar refractivity (Wildman–Crippen MR) is 125 cm³/mol. The number of hydrogen-bond donors (Lipinski definition) is 3. The number of nitrogens with one attached hydrogen (secondary N) is 2. The zero-order valence-electron chi connectivity index (χ0n) is 16.0. The van der Waals surface area contributed by atoms with E-state index in [1.165, 1.54) is 5.56 Å². The number of hydroxylamine groups is 1. The van der Waals surface area contributed by atoms with E-state index in [4.69, 9.17) is 21.8 Å². The van der Waals surface area contributed by atoms with E-state index in [2.05, 4.69) is 32.9 Å². The van der Waals surface area contributed by atoms with Crippen molar-refractivity contribution < 1.29 is 10.0 Å². The van der Waals surface area contributed by atoms with Crippen molar-refractivity contribution in [2.24, 2.45) is 0 Å². The van der Waals surface area contributed by atoms with Gasteiger partial charge in [0.05, 0.1) is 5.69 Å². The molecule has 1 aliphatic carbocycles. The maximum Gasteiger partial charge on any atom is 0.274 e. The minimum absolute atomic E-state index is 0.162. The summed E-state index contributed by atoms with van der Waals surface area (Å²) >= 11 is 8.46. The highest BCUT2D eigenvalue weighted by Crippen LogP contribution is 2.28. The van der Waals surface area contributed by atoms with Gasteiger partial charge in [0.1, 0.15) is 0 Å². The highest BCUT2D eigenvalue weighted by Gasteiger charge is 2.21. The molecule has 0 fully saturated rings. The van der Waals surface area contributed by atoms with Crippen LogP contribution >= 0.6 is 34.2 Å². The Morgan fingerprint density at radius 1 is 1.20 bits per heavy atom. The van der Waals surface area contributed by atoms with Gasteiger partial charge in [-0.05, 0) is 66.3 Å². The number of nitrogens with zero attached hydrogens (tertiary/aromatic N) is 2. The van der Waals surface area contributed by atoms with E-state index in [-0.39, 0.29) is 6.04 Å². The molecule has 0 saturated carbocycles. The molecule has 30 heavy (non-hydrogen) atoms. The van der Waals surface area contributed by atoms with E-state index < -0.39 is 5.91 Å². The van der Waals surface area contributed by atoms with Crippen LogP contribution in [0.2, 0.25) is 5.02 Å². The number of carbonyl (C=O) groups excluding carboxylic acids is 1. The molecule has 154 valence electrons. The molecule has 0 radical (unpaired) electrons. The van der Waals surface area contributed by atoms with E-state index in [0.29, 0.717) is 16.5 Å². The zero-order chi connectivity index (χ0) is 21.1. The fourth-order valence-electron chi connectivity index (χ4n) is 3.77. The van der Waals surface area contributed by atoms with Crippen molar-refractivity contribution in [2.45, 2.75) is 29.7 Å². The van der Waals surface area contributed by atoms with Gasteiger partial charge in [0.2, 0.25) is 5.95 Å². The predicted octanol–water partition coefficient (Wildman–Crippen LogP) is 4.82. The van der Waals surface area contributed by atoms with Gasteiger partial charge < -0.3 is 5.32 Å². The average molecular weight is 535 g/mol. The lowest BCUT2D eigenvalue weighted by Gasteiger charge is -2.26. The monoisotopic (exact) mass is 534 g/mol. The molecule has 1 aliphatic rings. The topological polar surface area (TPSA) is 87.1 Å². The van der Waals surface area contributed by atoms with Gasteiger partial charge in [-0.15, -0.1) is 0 Å². The van der Waals surface area contributed by atoms with Gasteiger partial charge in [0.25, 0.3) is 5.91 Å². The molecule has 1 aromatic heterocycles. The summed E-state index contributed by atoms with van der Waals surface area (Å²) in [7, 11) is 0. The summed E-state index contributed by atoms with van der Waals surface area (Å²) in [4.78, 5) is 20.8. The summed E-state index contributed by atoms with van der Waals surface area (Å²) in [6.45, 7) is 0. The molecular weight excluding hydrogens is 515 g/mol. The van der Waals surface area contributed by atoms with Crippen LogP contribution < -0.4 is 10.8 Å². The van der Waals surface area contributed by atoms with E-state index in [0.717, 1.165) is 46.1 Å². The van der Waals surface area contributed by atoms with Gasteiger partial charge in [0, 0.05) is 32.8 Å². The number of anilines is 1. The van der Waals surface area contributed by atoms with E-state index in [9.17, 15) is 4.79 Å². The highest BCUT2D eigenvalue weighted by atomic mass is 127. The first-order valence-corrected chi connectivity index (χ1v) is 11.5. The Bertz CT molecular complexity index is 1090. The Kier molecular flexibility index (Phi) is 6.50. The molecule has 1 heterocycles. The van der Waals surface area contributed by atoms with Crippen molar-refractivity contribution in [3.05, 3.63) is 75.9 Å². The third-order valence-electron chi connectivity index (χ3n) is 5.27. The second-order valence-corrected chi connectivity index (χ2v) is 8.41. The lowest BCUT2D eigenvalue weighted by atomic mass is 9.87. The maximum absolute atomic E-state index is 11.7. The number of benzene rings is 2. The summed E-state index contributed by atoms with van der Waals surface area (Å²) in [6.07, 6.45) is 4.38. The van der Waals surface area contributed by atoms with Crippen LogP contribution in [0.1, 0.15) is 33.5 Å². The normalized spacial score (nSPS) is 15.4. The van der Waals surface area contributed by atoms with Gasteiger partial charge in [-0.1, -0.05) is 46.3 Å². The van der Waals surface area contributed by atoms with Crippen molar-refractivity contribution in [1.82, 2.24) is 15.4 Å². The van der Waals surface area contributed by atoms with Gasteiger partial charge in [-0.3, -0.25) is 10.0 Å². The molecule has 0 saturated heterocycles. The molecule has 1 unspecified atom stereocenters. The van der Waals surface area contributed by atoms with Crippen molar-refractivity contribution in [3.63, 3.8) is 0 Å². The van der Waals surface area contributed by atoms with Crippen molar-refractivity contribution in [3.8, 4) is 11.3 Å². The van der Waals surface area contributed by atoms with Crippen LogP contribution in [0.5, 0.6) is 0 Å². The average Bonchev–Trinajstić information content (AvgIpc) is 2.78. The number of amides is 1. The van der Waals surface area contributed by atoms with Crippen molar-refractivity contribution >= 4 is 46.0 Å². The number of aryl methyl sites for hydroxylation is 1. The van der Waals surface area contributed by atoms with Crippen molar-refractivity contribution in [2.75, 3.05) is 5.32 Å². The summed E-state index contributed by atoms with van der Waals surface area (Å²) < 4.78 is 0.837. The van der Waals surface area contributed by atoms with Crippen LogP contribution in [-0.2, 0) is 17.3 Å². The Labute approximate surface area is 193 Å². The number of rotatable bonds is 5. The minimum atomic E-state index is -0.502. The van der Waals surface area contributed by atoms with Crippen molar-refractivity contribution in [1.29, 1.82) is 0 Å². The SMILES string of the molecule is O=C(NO)c1ccc2c(c1)CC(Nc1nccc(-c3ccc(Cl)cc3CI)n1)CC2. The number of carbonyl (C=O) groups is 1. The molecule has 0 spiro atoms. The van der Waals surface area contributed by atoms with Crippen LogP contribution in [-0.4, -0.2) is 27.1 Å². The minimum Gasteiger partial charge on any atom is -0.351 e. The third-order valence-corrected chi connectivity index (χ3v) is 6.33. The number of hydrogen-bond acceptors (Lipinski definition) is 5. The van der Waals surface area contributed by atoms with Gasteiger partial charge >= 0.3 is 0 Å². The number of alkyl halides is 1. The molecule has 8 heteroatoms. The maximum atomic E-state index is 11.7. The highest BCUT2D eigenvalue weighted by molar-refractivity contribution is 14.1. The van der Waals surface area contributed by atoms with E-state index >= 15 is 0 Å². The number of aromatic nitrogens is 2. The first-order chi connectivity index (χ1) is 14.6. The molecule has 1 amide bonds.